The first-order valence-electron chi connectivity index (χ1n) is 7.60. The molecule has 1 fully saturated rings. The second-order valence-corrected chi connectivity index (χ2v) is 7.75. The lowest BCUT2D eigenvalue weighted by molar-refractivity contribution is 0.192. The van der Waals surface area contributed by atoms with Gasteiger partial charge >= 0.3 is 0 Å². The number of aromatic nitrogens is 1. The first kappa shape index (κ1) is 15.4. The van der Waals surface area contributed by atoms with Gasteiger partial charge in [0.05, 0.1) is 4.90 Å². The van der Waals surface area contributed by atoms with E-state index in [9.17, 15) is 8.42 Å². The van der Waals surface area contributed by atoms with Crippen molar-refractivity contribution in [2.75, 3.05) is 13.1 Å². The third-order valence-corrected chi connectivity index (χ3v) is 6.52. The van der Waals surface area contributed by atoms with Crippen LogP contribution in [0, 0.1) is 5.92 Å². The van der Waals surface area contributed by atoms with Crippen molar-refractivity contribution in [1.29, 1.82) is 0 Å². The minimum atomic E-state index is -3.56. The number of pyridine rings is 1. The maximum absolute atomic E-state index is 13.2. The smallest absolute Gasteiger partial charge is 0.243 e. The maximum atomic E-state index is 13.2. The zero-order valence-electron chi connectivity index (χ0n) is 12.6. The van der Waals surface area contributed by atoms with Gasteiger partial charge in [0.15, 0.2) is 0 Å². The molecule has 6 heteroatoms. The quantitative estimate of drug-likeness (QED) is 0.938. The maximum Gasteiger partial charge on any atom is 0.243 e. The number of benzene rings is 1. The van der Waals surface area contributed by atoms with Crippen molar-refractivity contribution in [2.45, 2.75) is 30.7 Å². The molecule has 0 amide bonds. The summed E-state index contributed by atoms with van der Waals surface area (Å²) in [4.78, 5) is 4.41. The predicted octanol–water partition coefficient (Wildman–Crippen LogP) is 1.98. The third-order valence-electron chi connectivity index (χ3n) is 4.53. The van der Waals surface area contributed by atoms with E-state index in [0.717, 1.165) is 18.2 Å². The summed E-state index contributed by atoms with van der Waals surface area (Å²) in [5.74, 6) is 0.283. The summed E-state index contributed by atoms with van der Waals surface area (Å²) in [6, 6.07) is 6.94. The lowest BCUT2D eigenvalue weighted by Crippen LogP contribution is -2.51. The molecule has 22 heavy (non-hydrogen) atoms. The topological polar surface area (TPSA) is 76.3 Å². The van der Waals surface area contributed by atoms with Crippen LogP contribution in [0.4, 0.5) is 0 Å². The van der Waals surface area contributed by atoms with E-state index in [0.29, 0.717) is 23.4 Å². The zero-order valence-corrected chi connectivity index (χ0v) is 13.5. The number of hydrogen-bond acceptors (Lipinski definition) is 4. The molecule has 1 saturated heterocycles. The standard InChI is InChI=1S/C16H21N3O2S/c1-12-4-3-9-19(15(12)10-17)22(20,21)16-6-2-5-13-11-18-8-7-14(13)16/h2,5-8,11-12,15H,3-4,9-10,17H2,1H3/t12-,15-/m0/s1. The Hall–Kier alpha value is -1.50. The molecule has 2 heterocycles. The van der Waals surface area contributed by atoms with Gasteiger partial charge in [-0.25, -0.2) is 8.42 Å². The molecule has 0 spiro atoms. The fourth-order valence-corrected chi connectivity index (χ4v) is 5.29. The minimum absolute atomic E-state index is 0.129. The lowest BCUT2D eigenvalue weighted by Gasteiger charge is -2.38. The molecular weight excluding hydrogens is 298 g/mol. The van der Waals surface area contributed by atoms with Crippen molar-refractivity contribution in [2.24, 2.45) is 11.7 Å². The number of fused-ring (bicyclic) bond motifs is 1. The Labute approximate surface area is 131 Å². The van der Waals surface area contributed by atoms with Gasteiger partial charge in [-0.1, -0.05) is 19.1 Å². The number of sulfonamides is 1. The number of nitrogens with zero attached hydrogens (tertiary/aromatic N) is 2. The van der Waals surface area contributed by atoms with Gasteiger partial charge in [-0.05, 0) is 30.9 Å². The Morgan fingerprint density at radius 1 is 1.36 bits per heavy atom. The van der Waals surface area contributed by atoms with Crippen LogP contribution in [0.25, 0.3) is 10.8 Å². The monoisotopic (exact) mass is 319 g/mol. The first-order chi connectivity index (χ1) is 10.6. The Morgan fingerprint density at radius 3 is 2.95 bits per heavy atom. The molecule has 0 radical (unpaired) electrons. The van der Waals surface area contributed by atoms with Gasteiger partial charge in [-0.15, -0.1) is 0 Å². The number of hydrogen-bond donors (Lipinski definition) is 1. The van der Waals surface area contributed by atoms with Crippen LogP contribution in [0.5, 0.6) is 0 Å². The lowest BCUT2D eigenvalue weighted by atomic mass is 9.93. The molecule has 1 aromatic heterocycles. The summed E-state index contributed by atoms with van der Waals surface area (Å²) in [7, 11) is -3.56. The molecule has 1 aliphatic heterocycles. The summed E-state index contributed by atoms with van der Waals surface area (Å²) < 4.78 is 27.9. The SMILES string of the molecule is C[C@H]1CCCN(S(=O)(=O)c2cccc3cnccc23)[C@H]1CN. The van der Waals surface area contributed by atoms with Crippen molar-refractivity contribution in [1.82, 2.24) is 9.29 Å². The number of piperidine rings is 1. The second-order valence-electron chi connectivity index (χ2n) is 5.89. The van der Waals surface area contributed by atoms with Crippen LogP contribution in [0.1, 0.15) is 19.8 Å². The molecule has 0 bridgehead atoms. The Kier molecular flexibility index (Phi) is 4.16. The molecular formula is C16H21N3O2S. The number of rotatable bonds is 3. The van der Waals surface area contributed by atoms with Crippen molar-refractivity contribution < 1.29 is 8.42 Å². The highest BCUT2D eigenvalue weighted by molar-refractivity contribution is 7.89. The minimum Gasteiger partial charge on any atom is -0.329 e. The van der Waals surface area contributed by atoms with Gasteiger partial charge in [0.25, 0.3) is 0 Å². The fourth-order valence-electron chi connectivity index (χ4n) is 3.30. The van der Waals surface area contributed by atoms with Crippen LogP contribution in [0.15, 0.2) is 41.6 Å². The number of nitrogens with two attached hydrogens (primary N) is 1. The highest BCUT2D eigenvalue weighted by Crippen LogP contribution is 2.31. The summed E-state index contributed by atoms with van der Waals surface area (Å²) in [5, 5.41) is 1.55. The van der Waals surface area contributed by atoms with Crippen molar-refractivity contribution in [3.05, 3.63) is 36.7 Å². The Balaban J connectivity index is 2.12. The summed E-state index contributed by atoms with van der Waals surface area (Å²) in [6.45, 7) is 2.97. The molecule has 1 aliphatic rings. The van der Waals surface area contributed by atoms with Gasteiger partial charge in [0.2, 0.25) is 10.0 Å². The van der Waals surface area contributed by atoms with Crippen LogP contribution in [0.2, 0.25) is 0 Å². The molecule has 2 N–H and O–H groups in total. The van der Waals surface area contributed by atoms with E-state index < -0.39 is 10.0 Å². The van der Waals surface area contributed by atoms with E-state index in [4.69, 9.17) is 5.73 Å². The average Bonchev–Trinajstić information content (AvgIpc) is 2.54. The highest BCUT2D eigenvalue weighted by atomic mass is 32.2. The molecule has 0 unspecified atom stereocenters. The summed E-state index contributed by atoms with van der Waals surface area (Å²) in [5.41, 5.74) is 5.86. The molecule has 0 aliphatic carbocycles. The van der Waals surface area contributed by atoms with Gasteiger partial charge < -0.3 is 5.73 Å². The summed E-state index contributed by atoms with van der Waals surface area (Å²) in [6.07, 6.45) is 5.21. The molecule has 3 rings (SSSR count). The molecule has 118 valence electrons. The van der Waals surface area contributed by atoms with Crippen LogP contribution in [0.3, 0.4) is 0 Å². The van der Waals surface area contributed by atoms with E-state index in [1.807, 2.05) is 6.07 Å². The van der Waals surface area contributed by atoms with Gasteiger partial charge in [-0.3, -0.25) is 4.98 Å². The van der Waals surface area contributed by atoms with Gasteiger partial charge in [-0.2, -0.15) is 4.31 Å². The zero-order chi connectivity index (χ0) is 15.7. The molecule has 2 atom stereocenters. The van der Waals surface area contributed by atoms with E-state index in [1.54, 1.807) is 34.9 Å². The third kappa shape index (κ3) is 2.51. The van der Waals surface area contributed by atoms with Crippen LogP contribution < -0.4 is 5.73 Å². The summed E-state index contributed by atoms with van der Waals surface area (Å²) >= 11 is 0. The molecule has 0 saturated carbocycles. The van der Waals surface area contributed by atoms with E-state index in [1.165, 1.54) is 0 Å². The second kappa shape index (κ2) is 5.95. The van der Waals surface area contributed by atoms with Crippen molar-refractivity contribution in [3.63, 3.8) is 0 Å². The Bertz CT molecular complexity index is 771. The first-order valence-corrected chi connectivity index (χ1v) is 9.04. The van der Waals surface area contributed by atoms with Crippen LogP contribution >= 0.6 is 0 Å². The van der Waals surface area contributed by atoms with Gasteiger partial charge in [0, 0.05) is 42.3 Å². The van der Waals surface area contributed by atoms with E-state index in [2.05, 4.69) is 11.9 Å². The molecule has 2 aromatic rings. The largest absolute Gasteiger partial charge is 0.329 e. The van der Waals surface area contributed by atoms with Gasteiger partial charge in [0.1, 0.15) is 0 Å². The van der Waals surface area contributed by atoms with E-state index >= 15 is 0 Å². The van der Waals surface area contributed by atoms with Crippen LogP contribution in [-0.2, 0) is 10.0 Å². The predicted molar refractivity (Wildman–Crippen MR) is 86.9 cm³/mol. The normalized spacial score (nSPS) is 23.7. The molecule has 5 nitrogen and oxygen atoms in total. The van der Waals surface area contributed by atoms with Crippen LogP contribution in [-0.4, -0.2) is 36.8 Å². The van der Waals surface area contributed by atoms with Crippen molar-refractivity contribution in [3.8, 4) is 0 Å². The van der Waals surface area contributed by atoms with Crippen molar-refractivity contribution >= 4 is 20.8 Å². The average molecular weight is 319 g/mol. The highest BCUT2D eigenvalue weighted by Gasteiger charge is 2.36. The Morgan fingerprint density at radius 2 is 2.18 bits per heavy atom. The molecule has 1 aromatic carbocycles. The fraction of sp³-hybridized carbons (Fsp3) is 0.438. The van der Waals surface area contributed by atoms with E-state index in [-0.39, 0.29) is 12.0 Å².